The van der Waals surface area contributed by atoms with Crippen molar-refractivity contribution in [3.63, 3.8) is 0 Å². The van der Waals surface area contributed by atoms with Gasteiger partial charge in [-0.25, -0.2) is 4.79 Å². The predicted octanol–water partition coefficient (Wildman–Crippen LogP) is 1.66. The molecule has 2 aromatic rings. The van der Waals surface area contributed by atoms with Crippen molar-refractivity contribution in [1.82, 2.24) is 19.7 Å². The smallest absolute Gasteiger partial charge is 0.317 e. The largest absolute Gasteiger partial charge is 0.339 e. The molecule has 2 aliphatic rings. The van der Waals surface area contributed by atoms with Crippen LogP contribution < -0.4 is 5.32 Å². The van der Waals surface area contributed by atoms with Gasteiger partial charge in [-0.2, -0.15) is 0 Å². The van der Waals surface area contributed by atoms with Crippen molar-refractivity contribution in [2.45, 2.75) is 25.4 Å². The van der Waals surface area contributed by atoms with E-state index in [4.69, 9.17) is 0 Å². The molecular weight excluding hydrogens is 304 g/mol. The summed E-state index contributed by atoms with van der Waals surface area (Å²) in [7, 11) is 0. The molecular formula is C18H22N4O2. The molecule has 1 aromatic carbocycles. The van der Waals surface area contributed by atoms with Crippen molar-refractivity contribution in [3.8, 4) is 0 Å². The lowest BCUT2D eigenvalue weighted by Crippen LogP contribution is -2.51. The highest BCUT2D eigenvalue weighted by atomic mass is 16.2. The van der Waals surface area contributed by atoms with Crippen LogP contribution in [0.3, 0.4) is 0 Å². The Morgan fingerprint density at radius 1 is 1.21 bits per heavy atom. The summed E-state index contributed by atoms with van der Waals surface area (Å²) in [4.78, 5) is 28.4. The predicted molar refractivity (Wildman–Crippen MR) is 91.6 cm³/mol. The van der Waals surface area contributed by atoms with Crippen LogP contribution >= 0.6 is 0 Å². The van der Waals surface area contributed by atoms with Gasteiger partial charge in [-0.15, -0.1) is 0 Å². The Morgan fingerprint density at radius 3 is 2.92 bits per heavy atom. The summed E-state index contributed by atoms with van der Waals surface area (Å²) in [6.45, 7) is 3.23. The minimum atomic E-state index is 0.00528. The molecule has 3 heterocycles. The molecule has 0 bridgehead atoms. The van der Waals surface area contributed by atoms with Crippen LogP contribution in [0.2, 0.25) is 0 Å². The van der Waals surface area contributed by atoms with Gasteiger partial charge in [0.05, 0.1) is 6.04 Å². The molecule has 0 radical (unpaired) electrons. The number of benzene rings is 1. The van der Waals surface area contributed by atoms with Crippen LogP contribution in [0.25, 0.3) is 10.9 Å². The normalized spacial score (nSPS) is 21.3. The van der Waals surface area contributed by atoms with E-state index in [1.165, 1.54) is 0 Å². The van der Waals surface area contributed by atoms with Gasteiger partial charge in [0.15, 0.2) is 0 Å². The molecule has 6 nitrogen and oxygen atoms in total. The number of nitrogens with one attached hydrogen (secondary N) is 1. The maximum Gasteiger partial charge on any atom is 0.317 e. The van der Waals surface area contributed by atoms with Crippen molar-refractivity contribution in [2.75, 3.05) is 26.2 Å². The monoisotopic (exact) mass is 326 g/mol. The molecule has 1 aromatic heterocycles. The number of urea groups is 1. The van der Waals surface area contributed by atoms with Gasteiger partial charge in [0.1, 0.15) is 6.54 Å². The quantitative estimate of drug-likeness (QED) is 0.932. The van der Waals surface area contributed by atoms with E-state index in [0.717, 1.165) is 36.8 Å². The van der Waals surface area contributed by atoms with E-state index in [1.807, 2.05) is 44.8 Å². The van der Waals surface area contributed by atoms with Crippen LogP contribution in [-0.2, 0) is 11.3 Å². The molecule has 0 saturated carbocycles. The Morgan fingerprint density at radius 2 is 2.08 bits per heavy atom. The summed E-state index contributed by atoms with van der Waals surface area (Å²) < 4.78 is 2.00. The first kappa shape index (κ1) is 15.1. The number of aromatic nitrogens is 1. The van der Waals surface area contributed by atoms with Crippen molar-refractivity contribution in [3.05, 3.63) is 36.5 Å². The second kappa shape index (κ2) is 6.19. The molecule has 2 fully saturated rings. The van der Waals surface area contributed by atoms with Crippen molar-refractivity contribution in [1.29, 1.82) is 0 Å². The van der Waals surface area contributed by atoms with E-state index in [0.29, 0.717) is 19.6 Å². The highest BCUT2D eigenvalue weighted by Crippen LogP contribution is 2.19. The Hall–Kier alpha value is -2.50. The minimum absolute atomic E-state index is 0.00528. The highest BCUT2D eigenvalue weighted by molar-refractivity contribution is 5.83. The fourth-order valence-corrected chi connectivity index (χ4v) is 3.79. The van der Waals surface area contributed by atoms with E-state index in [2.05, 4.69) is 11.4 Å². The number of para-hydroxylation sites is 1. The molecule has 4 rings (SSSR count). The number of carbonyl (C=O) groups excluding carboxylic acids is 2. The number of fused-ring (bicyclic) bond motifs is 1. The fraction of sp³-hybridized carbons (Fsp3) is 0.444. The molecule has 0 unspecified atom stereocenters. The maximum atomic E-state index is 12.7. The molecule has 1 atom stereocenters. The van der Waals surface area contributed by atoms with Gasteiger partial charge < -0.3 is 19.7 Å². The summed E-state index contributed by atoms with van der Waals surface area (Å²) in [5.41, 5.74) is 1.08. The second-order valence-electron chi connectivity index (χ2n) is 6.56. The third kappa shape index (κ3) is 2.72. The molecule has 126 valence electrons. The fourth-order valence-electron chi connectivity index (χ4n) is 3.79. The molecule has 24 heavy (non-hydrogen) atoms. The van der Waals surface area contributed by atoms with Crippen LogP contribution in [-0.4, -0.2) is 58.5 Å². The number of likely N-dealkylation sites (tertiary alicyclic amines) is 1. The number of hydrogen-bond donors (Lipinski definition) is 1. The van der Waals surface area contributed by atoms with Crippen molar-refractivity contribution in [2.24, 2.45) is 0 Å². The standard InChI is InChI=1S/C18H22N4O2/c23-17(13-20-10-7-14-4-1-2-6-16(14)20)21-9-3-5-15(12-21)22-11-8-19-18(22)24/h1-2,4,6-7,10,15H,3,5,8-9,11-13H2,(H,19,24)/t15-/m1/s1. The SMILES string of the molecule is O=C(Cn1ccc2ccccc21)N1CCC[C@@H](N2CCNC2=O)C1. The van der Waals surface area contributed by atoms with Crippen molar-refractivity contribution >= 4 is 22.8 Å². The third-order valence-corrected chi connectivity index (χ3v) is 5.07. The van der Waals surface area contributed by atoms with Crippen LogP contribution in [0, 0.1) is 0 Å². The molecule has 2 saturated heterocycles. The van der Waals surface area contributed by atoms with Crippen molar-refractivity contribution < 1.29 is 9.59 Å². The summed E-state index contributed by atoms with van der Waals surface area (Å²) in [6.07, 6.45) is 3.90. The first-order chi connectivity index (χ1) is 11.7. The lowest BCUT2D eigenvalue weighted by Gasteiger charge is -2.37. The number of piperidine rings is 1. The van der Waals surface area contributed by atoms with Crippen LogP contribution in [0.1, 0.15) is 12.8 Å². The molecule has 3 amide bonds. The van der Waals surface area contributed by atoms with Crippen LogP contribution in [0.4, 0.5) is 4.79 Å². The lowest BCUT2D eigenvalue weighted by molar-refractivity contribution is -0.133. The van der Waals surface area contributed by atoms with Gasteiger partial charge in [0.25, 0.3) is 0 Å². The number of rotatable bonds is 3. The van der Waals surface area contributed by atoms with Gasteiger partial charge in [-0.05, 0) is 30.4 Å². The first-order valence-electron chi connectivity index (χ1n) is 8.58. The number of amides is 3. The zero-order valence-corrected chi connectivity index (χ0v) is 13.6. The van der Waals surface area contributed by atoms with E-state index in [1.54, 1.807) is 0 Å². The average Bonchev–Trinajstić information content (AvgIpc) is 3.22. The van der Waals surface area contributed by atoms with E-state index in [-0.39, 0.29) is 18.0 Å². The number of nitrogens with zero attached hydrogens (tertiary/aromatic N) is 3. The topological polar surface area (TPSA) is 57.6 Å². The Bertz CT molecular complexity index is 769. The highest BCUT2D eigenvalue weighted by Gasteiger charge is 2.32. The maximum absolute atomic E-state index is 12.7. The summed E-state index contributed by atoms with van der Waals surface area (Å²) >= 11 is 0. The van der Waals surface area contributed by atoms with Gasteiger partial charge in [0.2, 0.25) is 5.91 Å². The zero-order valence-electron chi connectivity index (χ0n) is 13.6. The number of carbonyl (C=O) groups is 2. The Balaban J connectivity index is 1.45. The number of hydrogen-bond acceptors (Lipinski definition) is 2. The Labute approximate surface area is 141 Å². The minimum Gasteiger partial charge on any atom is -0.339 e. The van der Waals surface area contributed by atoms with Crippen LogP contribution in [0.15, 0.2) is 36.5 Å². The Kier molecular flexibility index (Phi) is 3.88. The third-order valence-electron chi connectivity index (χ3n) is 5.07. The average molecular weight is 326 g/mol. The second-order valence-corrected chi connectivity index (χ2v) is 6.56. The molecule has 0 aliphatic carbocycles. The van der Waals surface area contributed by atoms with Gasteiger partial charge >= 0.3 is 6.03 Å². The summed E-state index contributed by atoms with van der Waals surface area (Å²) in [5.74, 6) is 0.126. The van der Waals surface area contributed by atoms with Gasteiger partial charge in [0, 0.05) is 37.9 Å². The molecule has 0 spiro atoms. The summed E-state index contributed by atoms with van der Waals surface area (Å²) in [6, 6.07) is 10.3. The molecule has 2 aliphatic heterocycles. The first-order valence-corrected chi connectivity index (χ1v) is 8.58. The van der Waals surface area contributed by atoms with Crippen LogP contribution in [0.5, 0.6) is 0 Å². The van der Waals surface area contributed by atoms with Gasteiger partial charge in [-0.3, -0.25) is 4.79 Å². The molecule has 1 N–H and O–H groups in total. The summed E-state index contributed by atoms with van der Waals surface area (Å²) in [5, 5.41) is 4.00. The lowest BCUT2D eigenvalue weighted by atomic mass is 10.0. The van der Waals surface area contributed by atoms with E-state index >= 15 is 0 Å². The molecule has 6 heteroatoms. The van der Waals surface area contributed by atoms with E-state index in [9.17, 15) is 9.59 Å². The zero-order chi connectivity index (χ0) is 16.5. The van der Waals surface area contributed by atoms with E-state index < -0.39 is 0 Å². The van der Waals surface area contributed by atoms with Gasteiger partial charge in [-0.1, -0.05) is 18.2 Å².